The highest BCUT2D eigenvalue weighted by Crippen LogP contribution is 2.24. The van der Waals surface area contributed by atoms with Crippen molar-refractivity contribution in [1.29, 1.82) is 0 Å². The zero-order valence-electron chi connectivity index (χ0n) is 6.62. The number of aryl methyl sites for hydroxylation is 1. The quantitative estimate of drug-likeness (QED) is 0.682. The van der Waals surface area contributed by atoms with Gasteiger partial charge >= 0.3 is 0 Å². The molecule has 0 nitrogen and oxygen atoms in total. The molecular formula is C9H10Br2. The molecule has 1 aromatic carbocycles. The van der Waals surface area contributed by atoms with Gasteiger partial charge in [-0.15, -0.1) is 0 Å². The maximum absolute atomic E-state index is 3.55. The summed E-state index contributed by atoms with van der Waals surface area (Å²) in [5.41, 5.74) is 3.98. The number of benzene rings is 1. The first-order chi connectivity index (χ1) is 5.16. The lowest BCUT2D eigenvalue weighted by molar-refractivity contribution is 1.26. The number of halogens is 2. The number of alkyl halides is 1. The lowest BCUT2D eigenvalue weighted by atomic mass is 10.1. The summed E-state index contributed by atoms with van der Waals surface area (Å²) in [7, 11) is 0. The molecule has 1 rings (SSSR count). The molecule has 0 amide bonds. The Bertz CT molecular complexity index is 267. The van der Waals surface area contributed by atoms with E-state index in [4.69, 9.17) is 0 Å². The van der Waals surface area contributed by atoms with E-state index in [1.54, 1.807) is 0 Å². The number of hydrogen-bond acceptors (Lipinski definition) is 0. The van der Waals surface area contributed by atoms with Crippen molar-refractivity contribution < 1.29 is 0 Å². The molecule has 0 spiro atoms. The molecule has 0 atom stereocenters. The summed E-state index contributed by atoms with van der Waals surface area (Å²) in [5, 5.41) is 0.928. The van der Waals surface area contributed by atoms with Crippen LogP contribution in [0.3, 0.4) is 0 Å². The summed E-state index contributed by atoms with van der Waals surface area (Å²) in [5.74, 6) is 0. The van der Waals surface area contributed by atoms with Crippen LogP contribution >= 0.6 is 31.9 Å². The first-order valence-electron chi connectivity index (χ1n) is 3.47. The highest BCUT2D eigenvalue weighted by atomic mass is 79.9. The van der Waals surface area contributed by atoms with Crippen molar-refractivity contribution in [3.8, 4) is 0 Å². The van der Waals surface area contributed by atoms with E-state index in [2.05, 4.69) is 57.8 Å². The molecule has 0 saturated carbocycles. The summed E-state index contributed by atoms with van der Waals surface area (Å²) in [6, 6.07) is 4.29. The van der Waals surface area contributed by atoms with Crippen LogP contribution < -0.4 is 0 Å². The molecule has 0 saturated heterocycles. The fraction of sp³-hybridized carbons (Fsp3) is 0.333. The molecule has 0 aliphatic carbocycles. The van der Waals surface area contributed by atoms with Gasteiger partial charge in [-0.3, -0.25) is 0 Å². The molecule has 1 aromatic rings. The predicted octanol–water partition coefficient (Wildman–Crippen LogP) is 3.96. The van der Waals surface area contributed by atoms with Gasteiger partial charge in [0, 0.05) is 9.80 Å². The van der Waals surface area contributed by atoms with Gasteiger partial charge in [-0.25, -0.2) is 0 Å². The van der Waals surface area contributed by atoms with Crippen LogP contribution in [-0.2, 0) is 5.33 Å². The standard InChI is InChI=1S/C9H10Br2/c1-6-3-4-8(5-10)7(2)9(6)11/h3-4H,5H2,1-2H3. The molecule has 0 fully saturated rings. The highest BCUT2D eigenvalue weighted by molar-refractivity contribution is 9.10. The van der Waals surface area contributed by atoms with E-state index < -0.39 is 0 Å². The van der Waals surface area contributed by atoms with Crippen LogP contribution in [0, 0.1) is 13.8 Å². The van der Waals surface area contributed by atoms with Crippen molar-refractivity contribution in [3.05, 3.63) is 33.3 Å². The molecule has 2 heteroatoms. The summed E-state index contributed by atoms with van der Waals surface area (Å²) in [6.45, 7) is 4.24. The fourth-order valence-electron chi connectivity index (χ4n) is 1.01. The lowest BCUT2D eigenvalue weighted by Crippen LogP contribution is -1.88. The third kappa shape index (κ3) is 1.85. The minimum Gasteiger partial charge on any atom is -0.0876 e. The van der Waals surface area contributed by atoms with Gasteiger partial charge in [0.1, 0.15) is 0 Å². The van der Waals surface area contributed by atoms with Crippen LogP contribution in [0.2, 0.25) is 0 Å². The van der Waals surface area contributed by atoms with E-state index in [0.717, 1.165) is 5.33 Å². The van der Waals surface area contributed by atoms with Gasteiger partial charge in [-0.2, -0.15) is 0 Å². The Kier molecular flexibility index (Phi) is 3.14. The van der Waals surface area contributed by atoms with Crippen LogP contribution in [-0.4, -0.2) is 0 Å². The van der Waals surface area contributed by atoms with Gasteiger partial charge < -0.3 is 0 Å². The monoisotopic (exact) mass is 276 g/mol. The Morgan fingerprint density at radius 1 is 1.27 bits per heavy atom. The minimum atomic E-state index is 0.928. The first-order valence-corrected chi connectivity index (χ1v) is 5.38. The third-order valence-corrected chi connectivity index (χ3v) is 3.66. The van der Waals surface area contributed by atoms with E-state index in [9.17, 15) is 0 Å². The Hall–Kier alpha value is 0.180. The molecule has 0 bridgehead atoms. The summed E-state index contributed by atoms with van der Waals surface area (Å²) in [4.78, 5) is 0. The number of hydrogen-bond donors (Lipinski definition) is 0. The minimum absolute atomic E-state index is 0.928. The van der Waals surface area contributed by atoms with Crippen molar-refractivity contribution in [1.82, 2.24) is 0 Å². The average molecular weight is 278 g/mol. The van der Waals surface area contributed by atoms with Crippen molar-refractivity contribution in [2.24, 2.45) is 0 Å². The van der Waals surface area contributed by atoms with Gasteiger partial charge in [0.2, 0.25) is 0 Å². The predicted molar refractivity (Wildman–Crippen MR) is 56.2 cm³/mol. The van der Waals surface area contributed by atoms with Crippen molar-refractivity contribution >= 4 is 31.9 Å². The number of rotatable bonds is 1. The molecule has 0 heterocycles. The molecular weight excluding hydrogens is 268 g/mol. The molecule has 60 valence electrons. The summed E-state index contributed by atoms with van der Waals surface area (Å²) >= 11 is 7.00. The zero-order chi connectivity index (χ0) is 8.43. The Labute approximate surface area is 84.3 Å². The molecule has 0 unspecified atom stereocenters. The third-order valence-electron chi connectivity index (χ3n) is 1.84. The van der Waals surface area contributed by atoms with E-state index in [1.807, 2.05) is 0 Å². The van der Waals surface area contributed by atoms with E-state index in [0.29, 0.717) is 0 Å². The fourth-order valence-corrected chi connectivity index (χ4v) is 2.00. The van der Waals surface area contributed by atoms with Gasteiger partial charge in [0.15, 0.2) is 0 Å². The van der Waals surface area contributed by atoms with Crippen molar-refractivity contribution in [2.45, 2.75) is 19.2 Å². The maximum atomic E-state index is 3.55. The molecule has 0 aliphatic rings. The van der Waals surface area contributed by atoms with E-state index >= 15 is 0 Å². The second kappa shape index (κ2) is 3.72. The Morgan fingerprint density at radius 2 is 1.91 bits per heavy atom. The largest absolute Gasteiger partial charge is 0.0876 e. The zero-order valence-corrected chi connectivity index (χ0v) is 9.79. The van der Waals surface area contributed by atoms with E-state index in [-0.39, 0.29) is 0 Å². The molecule has 0 N–H and O–H groups in total. The van der Waals surface area contributed by atoms with Crippen LogP contribution in [0.1, 0.15) is 16.7 Å². The van der Waals surface area contributed by atoms with Crippen LogP contribution in [0.15, 0.2) is 16.6 Å². The normalized spacial score (nSPS) is 10.2. The highest BCUT2D eigenvalue weighted by Gasteiger charge is 2.02. The maximum Gasteiger partial charge on any atom is 0.0286 e. The Morgan fingerprint density at radius 3 is 2.45 bits per heavy atom. The van der Waals surface area contributed by atoms with Gasteiger partial charge in [-0.05, 0) is 30.5 Å². The van der Waals surface area contributed by atoms with Crippen LogP contribution in [0.5, 0.6) is 0 Å². The Balaban J connectivity index is 3.25. The van der Waals surface area contributed by atoms with Crippen LogP contribution in [0.4, 0.5) is 0 Å². The second-order valence-electron chi connectivity index (χ2n) is 2.61. The average Bonchev–Trinajstić information content (AvgIpc) is 2.01. The molecule has 0 aliphatic heterocycles. The first kappa shape index (κ1) is 9.27. The smallest absolute Gasteiger partial charge is 0.0286 e. The van der Waals surface area contributed by atoms with Gasteiger partial charge in [0.05, 0.1) is 0 Å². The second-order valence-corrected chi connectivity index (χ2v) is 3.97. The van der Waals surface area contributed by atoms with Crippen molar-refractivity contribution in [2.75, 3.05) is 0 Å². The van der Waals surface area contributed by atoms with Crippen molar-refractivity contribution in [3.63, 3.8) is 0 Å². The van der Waals surface area contributed by atoms with Crippen LogP contribution in [0.25, 0.3) is 0 Å². The molecule has 0 aromatic heterocycles. The topological polar surface area (TPSA) is 0 Å². The molecule has 11 heavy (non-hydrogen) atoms. The lowest BCUT2D eigenvalue weighted by Gasteiger charge is -2.06. The van der Waals surface area contributed by atoms with Gasteiger partial charge in [0.25, 0.3) is 0 Å². The van der Waals surface area contributed by atoms with E-state index in [1.165, 1.54) is 21.2 Å². The summed E-state index contributed by atoms with van der Waals surface area (Å²) < 4.78 is 1.23. The van der Waals surface area contributed by atoms with Gasteiger partial charge in [-0.1, -0.05) is 44.0 Å². The summed E-state index contributed by atoms with van der Waals surface area (Å²) in [6.07, 6.45) is 0. The molecule has 0 radical (unpaired) electrons. The SMILES string of the molecule is Cc1ccc(CBr)c(C)c1Br.